The maximum absolute atomic E-state index is 4.70. The lowest BCUT2D eigenvalue weighted by atomic mass is 9.93. The van der Waals surface area contributed by atoms with Crippen molar-refractivity contribution < 1.29 is 0 Å². The van der Waals surface area contributed by atoms with Gasteiger partial charge in [0.1, 0.15) is 5.01 Å². The highest BCUT2D eigenvalue weighted by Gasteiger charge is 2.17. The van der Waals surface area contributed by atoms with Gasteiger partial charge in [0.25, 0.3) is 0 Å². The van der Waals surface area contributed by atoms with Gasteiger partial charge in [-0.1, -0.05) is 33.8 Å². The summed E-state index contributed by atoms with van der Waals surface area (Å²) in [5.41, 5.74) is 1.25. The second-order valence-corrected chi connectivity index (χ2v) is 8.52. The molecule has 0 saturated carbocycles. The molecule has 23 heavy (non-hydrogen) atoms. The third-order valence-electron chi connectivity index (χ3n) is 3.56. The van der Waals surface area contributed by atoms with E-state index >= 15 is 0 Å². The molecule has 2 aromatic rings. The first-order valence-electron chi connectivity index (χ1n) is 7.83. The Kier molecular flexibility index (Phi) is 6.18. The van der Waals surface area contributed by atoms with E-state index in [9.17, 15) is 0 Å². The fourth-order valence-corrected chi connectivity index (χ4v) is 3.79. The number of nitrogens with zero attached hydrogens (tertiary/aromatic N) is 2. The van der Waals surface area contributed by atoms with Crippen molar-refractivity contribution in [1.82, 2.24) is 15.6 Å². The molecule has 0 radical (unpaired) electrons. The highest BCUT2D eigenvalue weighted by Crippen LogP contribution is 2.23. The van der Waals surface area contributed by atoms with Gasteiger partial charge in [-0.3, -0.25) is 4.99 Å². The van der Waals surface area contributed by atoms with E-state index in [1.165, 1.54) is 4.88 Å². The van der Waals surface area contributed by atoms with E-state index in [1.54, 1.807) is 29.7 Å². The van der Waals surface area contributed by atoms with Crippen molar-refractivity contribution in [2.24, 2.45) is 4.99 Å². The Morgan fingerprint density at radius 1 is 1.30 bits per heavy atom. The zero-order valence-electron chi connectivity index (χ0n) is 14.5. The molecule has 0 aliphatic carbocycles. The van der Waals surface area contributed by atoms with Gasteiger partial charge in [-0.05, 0) is 11.4 Å². The van der Waals surface area contributed by atoms with Crippen LogP contribution in [-0.4, -0.2) is 24.5 Å². The van der Waals surface area contributed by atoms with Crippen LogP contribution in [0.2, 0.25) is 0 Å². The molecule has 0 amide bonds. The van der Waals surface area contributed by atoms with Gasteiger partial charge in [0, 0.05) is 35.2 Å². The predicted octanol–water partition coefficient (Wildman–Crippen LogP) is 3.97. The lowest BCUT2D eigenvalue weighted by molar-refractivity contribution is 0.570. The van der Waals surface area contributed by atoms with Crippen molar-refractivity contribution in [1.29, 1.82) is 0 Å². The highest BCUT2D eigenvalue weighted by atomic mass is 32.1. The molecular weight excluding hydrogens is 324 g/mol. The van der Waals surface area contributed by atoms with Crippen LogP contribution in [0, 0.1) is 0 Å². The van der Waals surface area contributed by atoms with Crippen LogP contribution in [0.3, 0.4) is 0 Å². The van der Waals surface area contributed by atoms with Gasteiger partial charge in [-0.25, -0.2) is 4.98 Å². The number of nitrogens with one attached hydrogen (secondary N) is 2. The lowest BCUT2D eigenvalue weighted by Gasteiger charge is -2.15. The summed E-state index contributed by atoms with van der Waals surface area (Å²) >= 11 is 3.49. The summed E-state index contributed by atoms with van der Waals surface area (Å²) in [6.45, 7) is 10.4. The van der Waals surface area contributed by atoms with Crippen molar-refractivity contribution in [2.75, 3.05) is 13.6 Å². The summed E-state index contributed by atoms with van der Waals surface area (Å²) in [6.07, 6.45) is 0. The fourth-order valence-electron chi connectivity index (χ4n) is 2.04. The number of rotatable bonds is 5. The third kappa shape index (κ3) is 5.32. The molecule has 6 heteroatoms. The fraction of sp³-hybridized carbons (Fsp3) is 0.529. The average molecular weight is 351 g/mol. The Hall–Kier alpha value is -1.40. The molecule has 1 atom stereocenters. The highest BCUT2D eigenvalue weighted by molar-refractivity contribution is 7.10. The van der Waals surface area contributed by atoms with E-state index in [0.29, 0.717) is 12.5 Å². The maximum Gasteiger partial charge on any atom is 0.191 e. The first-order chi connectivity index (χ1) is 10.9. The number of aliphatic imine (C=N–C) groups is 1. The second-order valence-electron chi connectivity index (χ2n) is 6.60. The predicted molar refractivity (Wildman–Crippen MR) is 102 cm³/mol. The Morgan fingerprint density at radius 3 is 2.65 bits per heavy atom. The third-order valence-corrected chi connectivity index (χ3v) is 5.51. The topological polar surface area (TPSA) is 49.3 Å². The van der Waals surface area contributed by atoms with E-state index in [2.05, 4.69) is 66.2 Å². The summed E-state index contributed by atoms with van der Waals surface area (Å²) in [4.78, 5) is 10.4. The number of guanidine groups is 1. The van der Waals surface area contributed by atoms with Crippen molar-refractivity contribution in [3.8, 4) is 0 Å². The molecule has 2 N–H and O–H groups in total. The zero-order chi connectivity index (χ0) is 16.9. The molecule has 0 aromatic carbocycles. The van der Waals surface area contributed by atoms with Gasteiger partial charge in [0.15, 0.2) is 5.96 Å². The van der Waals surface area contributed by atoms with E-state index in [4.69, 9.17) is 4.98 Å². The molecule has 2 aromatic heterocycles. The Labute approximate surface area is 147 Å². The largest absolute Gasteiger partial charge is 0.356 e. The molecule has 4 nitrogen and oxygen atoms in total. The summed E-state index contributed by atoms with van der Waals surface area (Å²) < 4.78 is 0. The van der Waals surface area contributed by atoms with Crippen molar-refractivity contribution in [2.45, 2.75) is 45.6 Å². The molecule has 0 spiro atoms. The molecule has 0 aliphatic rings. The van der Waals surface area contributed by atoms with Gasteiger partial charge in [0.2, 0.25) is 0 Å². The van der Waals surface area contributed by atoms with Crippen LogP contribution in [-0.2, 0) is 12.0 Å². The number of thiazole rings is 1. The van der Waals surface area contributed by atoms with Gasteiger partial charge >= 0.3 is 0 Å². The minimum absolute atomic E-state index is 0.102. The quantitative estimate of drug-likeness (QED) is 0.634. The van der Waals surface area contributed by atoms with Crippen LogP contribution < -0.4 is 10.6 Å². The number of aromatic nitrogens is 1. The number of hydrogen-bond acceptors (Lipinski definition) is 4. The Morgan fingerprint density at radius 2 is 2.09 bits per heavy atom. The van der Waals surface area contributed by atoms with Gasteiger partial charge < -0.3 is 10.6 Å². The molecule has 2 heterocycles. The summed E-state index contributed by atoms with van der Waals surface area (Å²) in [5, 5.41) is 12.1. The van der Waals surface area contributed by atoms with Crippen molar-refractivity contribution in [3.05, 3.63) is 38.5 Å². The SMILES string of the molecule is CN=C(NCc1nc(C(C)(C)C)cs1)NCC(C)c1cccs1. The van der Waals surface area contributed by atoms with E-state index in [0.717, 1.165) is 23.2 Å². The summed E-state index contributed by atoms with van der Waals surface area (Å²) in [6, 6.07) is 4.27. The Bertz CT molecular complexity index is 623. The standard InChI is InChI=1S/C17H26N4S2/c1-12(13-7-6-8-22-13)9-19-16(18-5)20-10-15-21-14(11-23-15)17(2,3)4/h6-8,11-12H,9-10H2,1-5H3,(H2,18,19,20). The second kappa shape index (κ2) is 7.93. The zero-order valence-corrected chi connectivity index (χ0v) is 16.1. The van der Waals surface area contributed by atoms with Crippen molar-refractivity contribution >= 4 is 28.6 Å². The molecule has 0 saturated heterocycles. The minimum atomic E-state index is 0.102. The van der Waals surface area contributed by atoms with Gasteiger partial charge in [0.05, 0.1) is 12.2 Å². The first kappa shape index (κ1) is 17.9. The molecule has 0 bridgehead atoms. The number of thiophene rings is 1. The lowest BCUT2D eigenvalue weighted by Crippen LogP contribution is -2.38. The Balaban J connectivity index is 1.82. The monoisotopic (exact) mass is 350 g/mol. The average Bonchev–Trinajstić information content (AvgIpc) is 3.18. The molecule has 0 aliphatic heterocycles. The van der Waals surface area contributed by atoms with Gasteiger partial charge in [-0.2, -0.15) is 0 Å². The first-order valence-corrected chi connectivity index (χ1v) is 9.59. The summed E-state index contributed by atoms with van der Waals surface area (Å²) in [7, 11) is 1.80. The maximum atomic E-state index is 4.70. The number of hydrogen-bond donors (Lipinski definition) is 2. The van der Waals surface area contributed by atoms with Crippen LogP contribution in [0.4, 0.5) is 0 Å². The van der Waals surface area contributed by atoms with Crippen LogP contribution >= 0.6 is 22.7 Å². The minimum Gasteiger partial charge on any atom is -0.356 e. The molecule has 1 unspecified atom stereocenters. The van der Waals surface area contributed by atoms with E-state index < -0.39 is 0 Å². The molecule has 126 valence electrons. The summed E-state index contributed by atoms with van der Waals surface area (Å²) in [5.74, 6) is 1.29. The van der Waals surface area contributed by atoms with E-state index in [1.807, 2.05) is 0 Å². The molecular formula is C17H26N4S2. The smallest absolute Gasteiger partial charge is 0.191 e. The normalized spacial score (nSPS) is 13.9. The van der Waals surface area contributed by atoms with E-state index in [-0.39, 0.29) is 5.41 Å². The van der Waals surface area contributed by atoms with Crippen LogP contribution in [0.15, 0.2) is 27.9 Å². The van der Waals surface area contributed by atoms with Crippen LogP contribution in [0.1, 0.15) is 49.2 Å². The van der Waals surface area contributed by atoms with Crippen LogP contribution in [0.25, 0.3) is 0 Å². The molecule has 2 rings (SSSR count). The van der Waals surface area contributed by atoms with Gasteiger partial charge in [-0.15, -0.1) is 22.7 Å². The van der Waals surface area contributed by atoms with Crippen LogP contribution in [0.5, 0.6) is 0 Å². The van der Waals surface area contributed by atoms with Crippen molar-refractivity contribution in [3.63, 3.8) is 0 Å². The molecule has 0 fully saturated rings.